The summed E-state index contributed by atoms with van der Waals surface area (Å²) in [6, 6.07) is 6.69. The van der Waals surface area contributed by atoms with E-state index in [1.807, 2.05) is 0 Å². The molecule has 3 nitrogen and oxygen atoms in total. The van der Waals surface area contributed by atoms with Gasteiger partial charge in [0.25, 0.3) is 0 Å². The number of anilines is 1. The number of hydrogen-bond acceptors (Lipinski definition) is 3. The molecule has 2 aromatic carbocycles. The van der Waals surface area contributed by atoms with Crippen LogP contribution in [0.25, 0.3) is 0 Å². The van der Waals surface area contributed by atoms with Crippen molar-refractivity contribution in [2.24, 2.45) is 0 Å². The van der Waals surface area contributed by atoms with Crippen molar-refractivity contribution < 1.29 is 18.3 Å². The standard InChI is InChI=1S/C15H14ClF2NO2/c1-20-14-4-9(3-13(16)15(14)21-2)8-19-12-6-10(17)5-11(18)7-12/h3-7,19H,8H2,1-2H3. The summed E-state index contributed by atoms with van der Waals surface area (Å²) in [6.07, 6.45) is 0. The Kier molecular flexibility index (Phi) is 4.85. The summed E-state index contributed by atoms with van der Waals surface area (Å²) in [4.78, 5) is 0. The molecule has 0 saturated carbocycles. The Morgan fingerprint density at radius 1 is 1.00 bits per heavy atom. The molecule has 2 aromatic rings. The first-order valence-corrected chi connectivity index (χ1v) is 6.51. The number of halogens is 3. The van der Waals surface area contributed by atoms with Crippen LogP contribution in [0.3, 0.4) is 0 Å². The van der Waals surface area contributed by atoms with Crippen LogP contribution in [-0.2, 0) is 6.54 Å². The minimum absolute atomic E-state index is 0.336. The summed E-state index contributed by atoms with van der Waals surface area (Å²) < 4.78 is 36.5. The Bertz CT molecular complexity index is 630. The fourth-order valence-corrected chi connectivity index (χ4v) is 2.24. The highest BCUT2D eigenvalue weighted by Gasteiger charge is 2.11. The first kappa shape index (κ1) is 15.4. The lowest BCUT2D eigenvalue weighted by atomic mass is 10.2. The highest BCUT2D eigenvalue weighted by Crippen LogP contribution is 2.36. The lowest BCUT2D eigenvalue weighted by molar-refractivity contribution is 0.355. The molecule has 2 rings (SSSR count). The van der Waals surface area contributed by atoms with Gasteiger partial charge in [-0.25, -0.2) is 8.78 Å². The minimum Gasteiger partial charge on any atom is -0.493 e. The molecule has 0 aliphatic heterocycles. The topological polar surface area (TPSA) is 30.5 Å². The number of nitrogens with one attached hydrogen (secondary N) is 1. The fraction of sp³-hybridized carbons (Fsp3) is 0.200. The maximum absolute atomic E-state index is 13.1. The first-order valence-electron chi connectivity index (χ1n) is 6.14. The van der Waals surface area contributed by atoms with E-state index in [2.05, 4.69) is 5.32 Å². The van der Waals surface area contributed by atoms with E-state index in [0.717, 1.165) is 11.6 Å². The molecule has 0 saturated heterocycles. The molecule has 0 bridgehead atoms. The summed E-state index contributed by atoms with van der Waals surface area (Å²) in [5.74, 6) is -0.336. The molecule has 0 atom stereocenters. The van der Waals surface area contributed by atoms with Crippen LogP contribution in [0.15, 0.2) is 30.3 Å². The first-order chi connectivity index (χ1) is 10.0. The maximum atomic E-state index is 13.1. The summed E-state index contributed by atoms with van der Waals surface area (Å²) in [5, 5.41) is 3.33. The van der Waals surface area contributed by atoms with Gasteiger partial charge in [0.15, 0.2) is 11.5 Å². The molecular weight excluding hydrogens is 300 g/mol. The fourth-order valence-electron chi connectivity index (χ4n) is 1.93. The second-order valence-corrected chi connectivity index (χ2v) is 4.73. The van der Waals surface area contributed by atoms with Gasteiger partial charge in [-0.15, -0.1) is 0 Å². The monoisotopic (exact) mass is 313 g/mol. The van der Waals surface area contributed by atoms with Gasteiger partial charge in [-0.2, -0.15) is 0 Å². The quantitative estimate of drug-likeness (QED) is 0.895. The van der Waals surface area contributed by atoms with E-state index in [9.17, 15) is 8.78 Å². The van der Waals surface area contributed by atoms with Crippen molar-refractivity contribution in [1.29, 1.82) is 0 Å². The molecule has 0 unspecified atom stereocenters. The Labute approximate surface area is 126 Å². The number of ether oxygens (including phenoxy) is 2. The van der Waals surface area contributed by atoms with Crippen LogP contribution < -0.4 is 14.8 Å². The number of rotatable bonds is 5. The van der Waals surface area contributed by atoms with Crippen molar-refractivity contribution in [3.8, 4) is 11.5 Å². The molecule has 0 spiro atoms. The van der Waals surface area contributed by atoms with Crippen molar-refractivity contribution in [3.05, 3.63) is 52.6 Å². The molecule has 21 heavy (non-hydrogen) atoms. The van der Waals surface area contributed by atoms with Crippen LogP contribution in [0.5, 0.6) is 11.5 Å². The van der Waals surface area contributed by atoms with Crippen LogP contribution in [0.2, 0.25) is 5.02 Å². The van der Waals surface area contributed by atoms with E-state index >= 15 is 0 Å². The van der Waals surface area contributed by atoms with Gasteiger partial charge in [-0.1, -0.05) is 11.6 Å². The third-order valence-electron chi connectivity index (χ3n) is 2.85. The molecule has 1 N–H and O–H groups in total. The van der Waals surface area contributed by atoms with Gasteiger partial charge in [-0.3, -0.25) is 0 Å². The zero-order chi connectivity index (χ0) is 15.4. The third-order valence-corrected chi connectivity index (χ3v) is 3.13. The molecule has 0 fully saturated rings. The molecule has 0 amide bonds. The zero-order valence-electron chi connectivity index (χ0n) is 11.5. The van der Waals surface area contributed by atoms with Gasteiger partial charge in [0, 0.05) is 18.3 Å². The van der Waals surface area contributed by atoms with Crippen LogP contribution >= 0.6 is 11.6 Å². The Morgan fingerprint density at radius 2 is 1.67 bits per heavy atom. The van der Waals surface area contributed by atoms with E-state index in [4.69, 9.17) is 21.1 Å². The summed E-state index contributed by atoms with van der Waals surface area (Å²) >= 11 is 6.09. The predicted octanol–water partition coefficient (Wildman–Crippen LogP) is 4.25. The van der Waals surface area contributed by atoms with Gasteiger partial charge in [0.05, 0.1) is 19.2 Å². The smallest absolute Gasteiger partial charge is 0.179 e. The van der Waals surface area contributed by atoms with Crippen molar-refractivity contribution in [2.45, 2.75) is 6.54 Å². The molecule has 0 aliphatic rings. The van der Waals surface area contributed by atoms with E-state index in [1.165, 1.54) is 26.4 Å². The van der Waals surface area contributed by atoms with Crippen LogP contribution in [0.4, 0.5) is 14.5 Å². The van der Waals surface area contributed by atoms with E-state index in [0.29, 0.717) is 28.8 Å². The summed E-state index contributed by atoms with van der Waals surface area (Å²) in [5.41, 5.74) is 1.14. The van der Waals surface area contributed by atoms with Gasteiger partial charge < -0.3 is 14.8 Å². The van der Waals surface area contributed by atoms with Crippen LogP contribution in [0, 0.1) is 11.6 Å². The van der Waals surface area contributed by atoms with E-state index in [1.54, 1.807) is 12.1 Å². The average Bonchev–Trinajstić information content (AvgIpc) is 2.43. The number of hydrogen-bond donors (Lipinski definition) is 1. The Hall–Kier alpha value is -2.01. The summed E-state index contributed by atoms with van der Waals surface area (Å²) in [7, 11) is 3.00. The second-order valence-electron chi connectivity index (χ2n) is 4.32. The van der Waals surface area contributed by atoms with Crippen molar-refractivity contribution in [1.82, 2.24) is 0 Å². The van der Waals surface area contributed by atoms with Crippen LogP contribution in [-0.4, -0.2) is 14.2 Å². The number of methoxy groups -OCH3 is 2. The number of benzene rings is 2. The second kappa shape index (κ2) is 6.63. The van der Waals surface area contributed by atoms with Gasteiger partial charge in [0.2, 0.25) is 0 Å². The van der Waals surface area contributed by atoms with Gasteiger partial charge >= 0.3 is 0 Å². The van der Waals surface area contributed by atoms with Gasteiger partial charge in [0.1, 0.15) is 11.6 Å². The SMILES string of the molecule is COc1cc(CNc2cc(F)cc(F)c2)cc(Cl)c1OC. The zero-order valence-corrected chi connectivity index (χ0v) is 12.3. The molecule has 0 radical (unpaired) electrons. The summed E-state index contributed by atoms with van der Waals surface area (Å²) in [6.45, 7) is 0.336. The Morgan fingerprint density at radius 3 is 2.24 bits per heavy atom. The lowest BCUT2D eigenvalue weighted by Crippen LogP contribution is -2.02. The lowest BCUT2D eigenvalue weighted by Gasteiger charge is -2.13. The average molecular weight is 314 g/mol. The van der Waals surface area contributed by atoms with Crippen molar-refractivity contribution in [3.63, 3.8) is 0 Å². The highest BCUT2D eigenvalue weighted by molar-refractivity contribution is 6.32. The largest absolute Gasteiger partial charge is 0.493 e. The maximum Gasteiger partial charge on any atom is 0.179 e. The van der Waals surface area contributed by atoms with E-state index < -0.39 is 11.6 Å². The molecule has 6 heteroatoms. The molecule has 112 valence electrons. The van der Waals surface area contributed by atoms with E-state index in [-0.39, 0.29) is 0 Å². The van der Waals surface area contributed by atoms with Crippen LogP contribution in [0.1, 0.15) is 5.56 Å². The third kappa shape index (κ3) is 3.76. The highest BCUT2D eigenvalue weighted by atomic mass is 35.5. The van der Waals surface area contributed by atoms with Crippen molar-refractivity contribution >= 4 is 17.3 Å². The predicted molar refractivity (Wildman–Crippen MR) is 78.2 cm³/mol. The van der Waals surface area contributed by atoms with Crippen molar-refractivity contribution in [2.75, 3.05) is 19.5 Å². The molecular formula is C15H14ClF2NO2. The normalized spacial score (nSPS) is 10.3. The molecule has 0 aromatic heterocycles. The van der Waals surface area contributed by atoms with Gasteiger partial charge in [-0.05, 0) is 29.8 Å². The minimum atomic E-state index is -0.636. The Balaban J connectivity index is 2.18. The molecule has 0 aliphatic carbocycles. The molecule has 0 heterocycles.